The Morgan fingerprint density at radius 1 is 1.64 bits per heavy atom. The molecule has 0 spiro atoms. The van der Waals surface area contributed by atoms with Crippen molar-refractivity contribution in [1.82, 2.24) is 5.32 Å². The van der Waals surface area contributed by atoms with E-state index < -0.39 is 0 Å². The number of hydrogen-bond acceptors (Lipinski definition) is 4. The molecule has 1 aliphatic rings. The Bertz CT molecular complexity index is 288. The minimum atomic E-state index is -0.154. The van der Waals surface area contributed by atoms with Crippen molar-refractivity contribution < 1.29 is 13.9 Å². The molecule has 0 bridgehead atoms. The number of ketones is 1. The molecule has 0 amide bonds. The average molecular weight is 195 g/mol. The lowest BCUT2D eigenvalue weighted by molar-refractivity contribution is -0.123. The summed E-state index contributed by atoms with van der Waals surface area (Å²) >= 11 is 0. The van der Waals surface area contributed by atoms with Gasteiger partial charge >= 0.3 is 0 Å². The number of ether oxygens (including phenoxy) is 1. The summed E-state index contributed by atoms with van der Waals surface area (Å²) in [6.07, 6.45) is 3.59. The number of furan rings is 1. The predicted molar refractivity (Wildman–Crippen MR) is 50.0 cm³/mol. The van der Waals surface area contributed by atoms with Crippen molar-refractivity contribution in [3.8, 4) is 0 Å². The van der Waals surface area contributed by atoms with Crippen LogP contribution in [-0.2, 0) is 16.0 Å². The fourth-order valence-electron chi connectivity index (χ4n) is 1.49. The van der Waals surface area contributed by atoms with Crippen LogP contribution in [0.4, 0.5) is 0 Å². The van der Waals surface area contributed by atoms with Gasteiger partial charge in [-0.05, 0) is 11.6 Å². The van der Waals surface area contributed by atoms with Crippen LogP contribution in [0.25, 0.3) is 0 Å². The highest BCUT2D eigenvalue weighted by Gasteiger charge is 2.21. The maximum atomic E-state index is 11.7. The summed E-state index contributed by atoms with van der Waals surface area (Å²) in [6, 6.07) is 1.65. The Kier molecular flexibility index (Phi) is 2.96. The Labute approximate surface area is 82.2 Å². The number of nitrogens with one attached hydrogen (secondary N) is 1. The zero-order valence-corrected chi connectivity index (χ0v) is 7.86. The summed E-state index contributed by atoms with van der Waals surface area (Å²) in [5.74, 6) is 0.158. The van der Waals surface area contributed by atoms with E-state index >= 15 is 0 Å². The first-order valence-electron chi connectivity index (χ1n) is 4.71. The van der Waals surface area contributed by atoms with Crippen molar-refractivity contribution in [2.75, 3.05) is 19.8 Å². The van der Waals surface area contributed by atoms with E-state index in [2.05, 4.69) is 5.32 Å². The molecule has 0 aromatic carbocycles. The van der Waals surface area contributed by atoms with Crippen LogP contribution in [0.1, 0.15) is 5.56 Å². The van der Waals surface area contributed by atoms with Crippen LogP contribution in [0.2, 0.25) is 0 Å². The van der Waals surface area contributed by atoms with Crippen LogP contribution in [0.5, 0.6) is 0 Å². The molecule has 4 heteroatoms. The highest BCUT2D eigenvalue weighted by molar-refractivity contribution is 5.86. The Hall–Kier alpha value is -1.13. The van der Waals surface area contributed by atoms with Gasteiger partial charge in [-0.15, -0.1) is 0 Å². The molecule has 0 saturated carbocycles. The fourth-order valence-corrected chi connectivity index (χ4v) is 1.49. The number of morpholine rings is 1. The molecule has 4 nitrogen and oxygen atoms in total. The second kappa shape index (κ2) is 4.39. The molecule has 1 fully saturated rings. The first-order chi connectivity index (χ1) is 6.86. The monoisotopic (exact) mass is 195 g/mol. The van der Waals surface area contributed by atoms with E-state index in [9.17, 15) is 4.79 Å². The molecule has 2 heterocycles. The van der Waals surface area contributed by atoms with E-state index in [0.717, 1.165) is 12.1 Å². The van der Waals surface area contributed by atoms with Crippen LogP contribution >= 0.6 is 0 Å². The smallest absolute Gasteiger partial charge is 0.156 e. The Morgan fingerprint density at radius 3 is 3.21 bits per heavy atom. The first-order valence-corrected chi connectivity index (χ1v) is 4.71. The highest BCUT2D eigenvalue weighted by Crippen LogP contribution is 2.04. The largest absolute Gasteiger partial charge is 0.472 e. The summed E-state index contributed by atoms with van der Waals surface area (Å²) in [6.45, 7) is 1.92. The molecule has 1 unspecified atom stereocenters. The third-order valence-electron chi connectivity index (χ3n) is 2.27. The normalized spacial score (nSPS) is 22.1. The van der Waals surface area contributed by atoms with E-state index in [1.165, 1.54) is 0 Å². The topological polar surface area (TPSA) is 51.5 Å². The van der Waals surface area contributed by atoms with E-state index in [1.54, 1.807) is 12.5 Å². The molecule has 1 saturated heterocycles. The zero-order chi connectivity index (χ0) is 9.80. The quantitative estimate of drug-likeness (QED) is 0.757. The molecule has 1 aromatic heterocycles. The molecular weight excluding hydrogens is 182 g/mol. The molecule has 14 heavy (non-hydrogen) atoms. The van der Waals surface area contributed by atoms with Gasteiger partial charge in [-0.1, -0.05) is 0 Å². The molecule has 1 N–H and O–H groups in total. The predicted octanol–water partition coefficient (Wildman–Crippen LogP) is 0.380. The third-order valence-corrected chi connectivity index (χ3v) is 2.27. The van der Waals surface area contributed by atoms with E-state index in [-0.39, 0.29) is 11.8 Å². The van der Waals surface area contributed by atoms with Crippen LogP contribution in [0.15, 0.2) is 23.0 Å². The van der Waals surface area contributed by atoms with Crippen molar-refractivity contribution in [2.45, 2.75) is 12.5 Å². The highest BCUT2D eigenvalue weighted by atomic mass is 16.5. The van der Waals surface area contributed by atoms with Gasteiger partial charge in [0, 0.05) is 13.0 Å². The first kappa shape index (κ1) is 9.43. The second-order valence-corrected chi connectivity index (χ2v) is 3.36. The van der Waals surface area contributed by atoms with E-state index in [0.29, 0.717) is 19.6 Å². The maximum absolute atomic E-state index is 11.7. The van der Waals surface area contributed by atoms with Gasteiger partial charge in [0.2, 0.25) is 0 Å². The summed E-state index contributed by atoms with van der Waals surface area (Å²) < 4.78 is 10.1. The van der Waals surface area contributed by atoms with Crippen molar-refractivity contribution >= 4 is 5.78 Å². The summed E-state index contributed by atoms with van der Waals surface area (Å²) in [5.41, 5.74) is 0.919. The molecule has 1 atom stereocenters. The molecule has 0 aliphatic carbocycles. The molecular formula is C10H13NO3. The molecule has 1 aliphatic heterocycles. The molecule has 1 aromatic rings. The second-order valence-electron chi connectivity index (χ2n) is 3.36. The molecule has 76 valence electrons. The molecule has 2 rings (SSSR count). The van der Waals surface area contributed by atoms with Crippen molar-refractivity contribution in [3.63, 3.8) is 0 Å². The van der Waals surface area contributed by atoms with Gasteiger partial charge in [-0.3, -0.25) is 4.79 Å². The lowest BCUT2D eigenvalue weighted by Gasteiger charge is -2.22. The Balaban J connectivity index is 1.88. The summed E-state index contributed by atoms with van der Waals surface area (Å²) in [4.78, 5) is 11.7. The van der Waals surface area contributed by atoms with Crippen molar-refractivity contribution in [2.24, 2.45) is 0 Å². The summed E-state index contributed by atoms with van der Waals surface area (Å²) in [7, 11) is 0. The maximum Gasteiger partial charge on any atom is 0.156 e. The van der Waals surface area contributed by atoms with Gasteiger partial charge in [0.05, 0.1) is 31.8 Å². The minimum absolute atomic E-state index is 0.154. The number of hydrogen-bond donors (Lipinski definition) is 1. The van der Waals surface area contributed by atoms with Gasteiger partial charge in [0.25, 0.3) is 0 Å². The zero-order valence-electron chi connectivity index (χ0n) is 7.86. The number of carbonyl (C=O) groups is 1. The minimum Gasteiger partial charge on any atom is -0.472 e. The van der Waals surface area contributed by atoms with Crippen LogP contribution in [0, 0.1) is 0 Å². The van der Waals surface area contributed by atoms with Crippen LogP contribution in [-0.4, -0.2) is 31.6 Å². The molecule has 0 radical (unpaired) electrons. The Morgan fingerprint density at radius 2 is 2.57 bits per heavy atom. The average Bonchev–Trinajstić information content (AvgIpc) is 2.72. The number of carbonyl (C=O) groups excluding carboxylic acids is 1. The SMILES string of the molecule is O=C(Cc1ccoc1)C1COCCN1. The number of Topliss-reactive ketones (excluding diaryl/α,β-unsaturated/α-hetero) is 1. The lowest BCUT2D eigenvalue weighted by atomic mass is 10.1. The van der Waals surface area contributed by atoms with Crippen LogP contribution in [0.3, 0.4) is 0 Å². The van der Waals surface area contributed by atoms with Gasteiger partial charge in [-0.25, -0.2) is 0 Å². The van der Waals surface area contributed by atoms with Gasteiger partial charge in [0.15, 0.2) is 5.78 Å². The number of rotatable bonds is 3. The van der Waals surface area contributed by atoms with E-state index in [1.807, 2.05) is 6.07 Å². The summed E-state index contributed by atoms with van der Waals surface area (Å²) in [5, 5.41) is 3.13. The standard InChI is InChI=1S/C10H13NO3/c12-10(5-8-1-3-13-6-8)9-7-14-4-2-11-9/h1,3,6,9,11H,2,4-5,7H2. The van der Waals surface area contributed by atoms with Gasteiger partial charge in [0.1, 0.15) is 0 Å². The van der Waals surface area contributed by atoms with Crippen molar-refractivity contribution in [3.05, 3.63) is 24.2 Å². The van der Waals surface area contributed by atoms with Gasteiger partial charge < -0.3 is 14.5 Å². The third kappa shape index (κ3) is 2.21. The van der Waals surface area contributed by atoms with Crippen molar-refractivity contribution in [1.29, 1.82) is 0 Å². The van der Waals surface area contributed by atoms with Gasteiger partial charge in [-0.2, -0.15) is 0 Å². The van der Waals surface area contributed by atoms with E-state index in [4.69, 9.17) is 9.15 Å². The lowest BCUT2D eigenvalue weighted by Crippen LogP contribution is -2.47. The fraction of sp³-hybridized carbons (Fsp3) is 0.500. The van der Waals surface area contributed by atoms with Crippen LogP contribution < -0.4 is 5.32 Å².